The van der Waals surface area contributed by atoms with Crippen LogP contribution >= 0.6 is 0 Å². The quantitative estimate of drug-likeness (QED) is 0.794. The van der Waals surface area contributed by atoms with Crippen molar-refractivity contribution >= 4 is 6.01 Å². The Morgan fingerprint density at radius 1 is 1.26 bits per heavy atom. The van der Waals surface area contributed by atoms with Crippen LogP contribution in [0.5, 0.6) is 0 Å². The summed E-state index contributed by atoms with van der Waals surface area (Å²) in [6, 6.07) is 0.977. The molecular formula is C14H26N4O. The molecule has 2 rings (SSSR count). The molecule has 1 aromatic heterocycles. The molecule has 5 nitrogen and oxygen atoms in total. The third kappa shape index (κ3) is 3.93. The summed E-state index contributed by atoms with van der Waals surface area (Å²) in [5.74, 6) is 0.646. The first kappa shape index (κ1) is 14.3. The van der Waals surface area contributed by atoms with Gasteiger partial charge < -0.3 is 15.1 Å². The van der Waals surface area contributed by atoms with Gasteiger partial charge in [-0.1, -0.05) is 38.7 Å². The molecule has 1 aromatic rings. The first-order valence-corrected chi connectivity index (χ1v) is 7.43. The van der Waals surface area contributed by atoms with Crippen LogP contribution in [0.1, 0.15) is 58.8 Å². The molecule has 5 heteroatoms. The number of hydrogen-bond acceptors (Lipinski definition) is 5. The summed E-state index contributed by atoms with van der Waals surface area (Å²) in [5.41, 5.74) is 0.435. The summed E-state index contributed by atoms with van der Waals surface area (Å²) in [7, 11) is 0. The third-order valence-electron chi connectivity index (χ3n) is 4.16. The molecule has 0 radical (unpaired) electrons. The zero-order valence-corrected chi connectivity index (χ0v) is 12.3. The number of nitrogens with zero attached hydrogens (tertiary/aromatic N) is 2. The molecule has 0 aliphatic heterocycles. The summed E-state index contributed by atoms with van der Waals surface area (Å²) in [6.07, 6.45) is 6.54. The van der Waals surface area contributed by atoms with Crippen LogP contribution < -0.4 is 10.6 Å². The van der Waals surface area contributed by atoms with Crippen LogP contribution in [-0.4, -0.2) is 22.8 Å². The second-order valence-corrected chi connectivity index (χ2v) is 5.95. The van der Waals surface area contributed by atoms with E-state index >= 15 is 0 Å². The maximum Gasteiger partial charge on any atom is 0.315 e. The van der Waals surface area contributed by atoms with Crippen molar-refractivity contribution in [1.82, 2.24) is 15.5 Å². The van der Waals surface area contributed by atoms with Gasteiger partial charge in [0.2, 0.25) is 5.89 Å². The summed E-state index contributed by atoms with van der Waals surface area (Å²) in [5, 5.41) is 14.7. The second-order valence-electron chi connectivity index (χ2n) is 5.95. The van der Waals surface area contributed by atoms with Gasteiger partial charge in [0.25, 0.3) is 0 Å². The van der Waals surface area contributed by atoms with Crippen molar-refractivity contribution in [3.05, 3.63) is 5.89 Å². The maximum atomic E-state index is 5.59. The van der Waals surface area contributed by atoms with Gasteiger partial charge in [-0.3, -0.25) is 0 Å². The molecule has 2 N–H and O–H groups in total. The molecule has 1 saturated carbocycles. The van der Waals surface area contributed by atoms with Crippen LogP contribution in [0.25, 0.3) is 0 Å². The zero-order chi connectivity index (χ0) is 13.7. The minimum Gasteiger partial charge on any atom is -0.407 e. The average Bonchev–Trinajstić information content (AvgIpc) is 3.04. The number of anilines is 1. The van der Waals surface area contributed by atoms with Crippen molar-refractivity contribution in [2.24, 2.45) is 5.41 Å². The van der Waals surface area contributed by atoms with Crippen LogP contribution in [-0.2, 0) is 6.54 Å². The Morgan fingerprint density at radius 3 is 2.63 bits per heavy atom. The molecule has 0 saturated heterocycles. The number of hydrogen-bond donors (Lipinski definition) is 2. The molecule has 108 valence electrons. The van der Waals surface area contributed by atoms with Crippen LogP contribution in [0.4, 0.5) is 6.01 Å². The number of aromatic nitrogens is 2. The van der Waals surface area contributed by atoms with Crippen LogP contribution in [0, 0.1) is 5.41 Å². The minimum absolute atomic E-state index is 0.421. The highest BCUT2D eigenvalue weighted by molar-refractivity contribution is 5.18. The van der Waals surface area contributed by atoms with E-state index < -0.39 is 0 Å². The predicted octanol–water partition coefficient (Wildman–Crippen LogP) is 2.95. The molecule has 0 amide bonds. The van der Waals surface area contributed by atoms with E-state index in [1.165, 1.54) is 32.1 Å². The van der Waals surface area contributed by atoms with Gasteiger partial charge in [-0.25, -0.2) is 0 Å². The molecule has 0 aromatic carbocycles. The highest BCUT2D eigenvalue weighted by atomic mass is 16.4. The summed E-state index contributed by atoms with van der Waals surface area (Å²) < 4.78 is 5.59. The second kappa shape index (κ2) is 6.37. The first-order valence-electron chi connectivity index (χ1n) is 7.43. The van der Waals surface area contributed by atoms with Crippen LogP contribution in [0.15, 0.2) is 4.42 Å². The van der Waals surface area contributed by atoms with E-state index in [0.29, 0.717) is 29.9 Å². The zero-order valence-electron chi connectivity index (χ0n) is 12.3. The van der Waals surface area contributed by atoms with E-state index in [2.05, 4.69) is 41.6 Å². The lowest BCUT2D eigenvalue weighted by atomic mass is 9.83. The van der Waals surface area contributed by atoms with E-state index in [4.69, 9.17) is 4.42 Å². The standard InChI is InChI=1S/C14H26N4O/c1-4-14(7-5-6-8-14)10-16-13-18-17-12(19-13)9-15-11(2)3/h11,15H,4-10H2,1-3H3,(H,16,18). The molecule has 0 spiro atoms. The van der Waals surface area contributed by atoms with Crippen molar-refractivity contribution in [2.45, 2.75) is 65.5 Å². The summed E-state index contributed by atoms with van der Waals surface area (Å²) in [4.78, 5) is 0. The fraction of sp³-hybridized carbons (Fsp3) is 0.857. The Morgan fingerprint density at radius 2 is 2.00 bits per heavy atom. The maximum absolute atomic E-state index is 5.59. The Labute approximate surface area is 115 Å². The summed E-state index contributed by atoms with van der Waals surface area (Å²) in [6.45, 7) is 8.05. The van der Waals surface area contributed by atoms with Crippen molar-refractivity contribution in [3.63, 3.8) is 0 Å². The van der Waals surface area contributed by atoms with Gasteiger partial charge in [0, 0.05) is 12.6 Å². The fourth-order valence-electron chi connectivity index (χ4n) is 2.73. The highest BCUT2D eigenvalue weighted by Crippen LogP contribution is 2.40. The first-order chi connectivity index (χ1) is 9.13. The van der Waals surface area contributed by atoms with E-state index in [-0.39, 0.29) is 0 Å². The van der Waals surface area contributed by atoms with Gasteiger partial charge in [0.15, 0.2) is 0 Å². The fourth-order valence-corrected chi connectivity index (χ4v) is 2.73. The van der Waals surface area contributed by atoms with Crippen molar-refractivity contribution < 1.29 is 4.42 Å². The van der Waals surface area contributed by atoms with E-state index in [1.807, 2.05) is 0 Å². The Balaban J connectivity index is 1.82. The summed E-state index contributed by atoms with van der Waals surface area (Å²) >= 11 is 0. The van der Waals surface area contributed by atoms with Crippen molar-refractivity contribution in [1.29, 1.82) is 0 Å². The molecule has 1 fully saturated rings. The predicted molar refractivity (Wildman–Crippen MR) is 76.0 cm³/mol. The molecule has 19 heavy (non-hydrogen) atoms. The van der Waals surface area contributed by atoms with Crippen molar-refractivity contribution in [3.8, 4) is 0 Å². The largest absolute Gasteiger partial charge is 0.407 e. The van der Waals surface area contributed by atoms with Gasteiger partial charge in [-0.05, 0) is 24.7 Å². The molecule has 0 atom stereocenters. The Hall–Kier alpha value is -1.10. The lowest BCUT2D eigenvalue weighted by molar-refractivity contribution is 0.303. The van der Waals surface area contributed by atoms with Gasteiger partial charge >= 0.3 is 6.01 Å². The minimum atomic E-state index is 0.421. The monoisotopic (exact) mass is 266 g/mol. The molecule has 1 aliphatic rings. The topological polar surface area (TPSA) is 63.0 Å². The Bertz CT molecular complexity index is 383. The smallest absolute Gasteiger partial charge is 0.315 e. The lowest BCUT2D eigenvalue weighted by Gasteiger charge is -2.26. The SMILES string of the molecule is CCC1(CNc2nnc(CNC(C)C)o2)CCCC1. The highest BCUT2D eigenvalue weighted by Gasteiger charge is 2.32. The van der Waals surface area contributed by atoms with E-state index in [1.54, 1.807) is 0 Å². The average molecular weight is 266 g/mol. The normalized spacial score (nSPS) is 18.1. The van der Waals surface area contributed by atoms with Crippen molar-refractivity contribution in [2.75, 3.05) is 11.9 Å². The van der Waals surface area contributed by atoms with Crippen LogP contribution in [0.3, 0.4) is 0 Å². The number of nitrogens with one attached hydrogen (secondary N) is 2. The van der Waals surface area contributed by atoms with Crippen LogP contribution in [0.2, 0.25) is 0 Å². The molecule has 1 aliphatic carbocycles. The van der Waals surface area contributed by atoms with E-state index in [0.717, 1.165) is 6.54 Å². The van der Waals surface area contributed by atoms with Gasteiger partial charge in [-0.2, -0.15) is 0 Å². The Kier molecular flexibility index (Phi) is 4.80. The molecule has 0 unspecified atom stereocenters. The lowest BCUT2D eigenvalue weighted by Crippen LogP contribution is -2.26. The number of rotatable bonds is 7. The van der Waals surface area contributed by atoms with Gasteiger partial charge in [0.05, 0.1) is 6.54 Å². The van der Waals surface area contributed by atoms with Gasteiger partial charge in [-0.15, -0.1) is 5.10 Å². The molecule has 1 heterocycles. The van der Waals surface area contributed by atoms with E-state index in [9.17, 15) is 0 Å². The molecule has 0 bridgehead atoms. The third-order valence-corrected chi connectivity index (χ3v) is 4.16. The van der Waals surface area contributed by atoms with Gasteiger partial charge in [0.1, 0.15) is 0 Å². The molecular weight excluding hydrogens is 240 g/mol.